The standard InChI is InChI=1S/C13H9Cl2NO3/c1-7(17)8-5-11(13(18)19)16(6-8)10-4-2-3-9(14)12(10)15/h2-6H,1H3,(H,18,19). The Morgan fingerprint density at radius 2 is 1.95 bits per heavy atom. The molecular formula is C13H9Cl2NO3. The third-order valence-electron chi connectivity index (χ3n) is 2.64. The minimum Gasteiger partial charge on any atom is -0.477 e. The number of hydrogen-bond acceptors (Lipinski definition) is 2. The van der Waals surface area contributed by atoms with E-state index in [0.29, 0.717) is 16.3 Å². The summed E-state index contributed by atoms with van der Waals surface area (Å²) in [4.78, 5) is 22.6. The Morgan fingerprint density at radius 1 is 1.26 bits per heavy atom. The molecule has 0 bridgehead atoms. The Balaban J connectivity index is 2.70. The zero-order valence-corrected chi connectivity index (χ0v) is 11.4. The van der Waals surface area contributed by atoms with E-state index >= 15 is 0 Å². The van der Waals surface area contributed by atoms with Crippen molar-refractivity contribution in [3.8, 4) is 5.69 Å². The molecule has 98 valence electrons. The van der Waals surface area contributed by atoms with Crippen LogP contribution in [0.15, 0.2) is 30.5 Å². The second-order valence-electron chi connectivity index (χ2n) is 3.92. The molecule has 0 aliphatic heterocycles. The third kappa shape index (κ3) is 2.50. The Hall–Kier alpha value is -1.78. The fourth-order valence-electron chi connectivity index (χ4n) is 1.70. The van der Waals surface area contributed by atoms with Gasteiger partial charge in [-0.05, 0) is 25.1 Å². The van der Waals surface area contributed by atoms with Gasteiger partial charge in [0.15, 0.2) is 5.78 Å². The average molecular weight is 298 g/mol. The predicted molar refractivity (Wildman–Crippen MR) is 72.8 cm³/mol. The maximum Gasteiger partial charge on any atom is 0.352 e. The smallest absolute Gasteiger partial charge is 0.352 e. The van der Waals surface area contributed by atoms with Crippen LogP contribution in [-0.2, 0) is 0 Å². The lowest BCUT2D eigenvalue weighted by Gasteiger charge is -2.09. The molecule has 2 aromatic rings. The topological polar surface area (TPSA) is 59.3 Å². The number of carboxylic acids is 1. The first-order valence-electron chi connectivity index (χ1n) is 5.33. The largest absolute Gasteiger partial charge is 0.477 e. The molecule has 0 saturated heterocycles. The van der Waals surface area contributed by atoms with Crippen molar-refractivity contribution in [1.82, 2.24) is 4.57 Å². The van der Waals surface area contributed by atoms with E-state index in [1.54, 1.807) is 18.2 Å². The molecule has 0 atom stereocenters. The molecule has 0 amide bonds. The van der Waals surface area contributed by atoms with Crippen molar-refractivity contribution in [2.45, 2.75) is 6.92 Å². The summed E-state index contributed by atoms with van der Waals surface area (Å²) in [5.74, 6) is -1.37. The van der Waals surface area contributed by atoms with E-state index in [1.807, 2.05) is 0 Å². The molecule has 1 heterocycles. The summed E-state index contributed by atoms with van der Waals surface area (Å²) < 4.78 is 1.34. The molecule has 6 heteroatoms. The molecule has 0 radical (unpaired) electrons. The molecule has 1 aromatic heterocycles. The molecule has 1 aromatic carbocycles. The van der Waals surface area contributed by atoms with Crippen LogP contribution in [0.2, 0.25) is 10.0 Å². The number of halogens is 2. The van der Waals surface area contributed by atoms with Crippen LogP contribution in [0.5, 0.6) is 0 Å². The van der Waals surface area contributed by atoms with Crippen molar-refractivity contribution >= 4 is 35.0 Å². The lowest BCUT2D eigenvalue weighted by Crippen LogP contribution is -2.06. The van der Waals surface area contributed by atoms with Crippen molar-refractivity contribution in [3.05, 3.63) is 51.8 Å². The van der Waals surface area contributed by atoms with Gasteiger partial charge in [-0.1, -0.05) is 29.3 Å². The molecule has 19 heavy (non-hydrogen) atoms. The second kappa shape index (κ2) is 5.07. The molecule has 0 aliphatic carbocycles. The van der Waals surface area contributed by atoms with Gasteiger partial charge in [0.25, 0.3) is 0 Å². The quantitative estimate of drug-likeness (QED) is 0.879. The van der Waals surface area contributed by atoms with E-state index in [9.17, 15) is 14.7 Å². The monoisotopic (exact) mass is 297 g/mol. The van der Waals surface area contributed by atoms with Crippen LogP contribution in [0.4, 0.5) is 0 Å². The van der Waals surface area contributed by atoms with Gasteiger partial charge in [-0.25, -0.2) is 4.79 Å². The minimum atomic E-state index is -1.15. The SMILES string of the molecule is CC(=O)c1cc(C(=O)O)n(-c2cccc(Cl)c2Cl)c1. The van der Waals surface area contributed by atoms with E-state index < -0.39 is 5.97 Å². The first-order valence-corrected chi connectivity index (χ1v) is 6.08. The maximum absolute atomic E-state index is 11.4. The number of hydrogen-bond donors (Lipinski definition) is 1. The van der Waals surface area contributed by atoms with Gasteiger partial charge >= 0.3 is 5.97 Å². The molecule has 0 unspecified atom stereocenters. The fourth-order valence-corrected chi connectivity index (χ4v) is 2.08. The van der Waals surface area contributed by atoms with Crippen molar-refractivity contribution in [2.75, 3.05) is 0 Å². The first kappa shape index (κ1) is 13.6. The summed E-state index contributed by atoms with van der Waals surface area (Å²) in [6.45, 7) is 1.37. The van der Waals surface area contributed by atoms with Crippen LogP contribution >= 0.6 is 23.2 Å². The molecule has 0 spiro atoms. The lowest BCUT2D eigenvalue weighted by molar-refractivity contribution is 0.0688. The van der Waals surface area contributed by atoms with Crippen LogP contribution in [0.3, 0.4) is 0 Å². The van der Waals surface area contributed by atoms with Gasteiger partial charge in [0.1, 0.15) is 5.69 Å². The number of ketones is 1. The molecule has 0 fully saturated rings. The van der Waals surface area contributed by atoms with Crippen LogP contribution in [0.1, 0.15) is 27.8 Å². The summed E-state index contributed by atoms with van der Waals surface area (Å²) in [6, 6.07) is 6.19. The van der Waals surface area contributed by atoms with E-state index in [-0.39, 0.29) is 16.5 Å². The molecular weight excluding hydrogens is 289 g/mol. The number of carbonyl (C=O) groups excluding carboxylic acids is 1. The van der Waals surface area contributed by atoms with Gasteiger partial charge in [0.05, 0.1) is 15.7 Å². The van der Waals surface area contributed by atoms with Gasteiger partial charge in [0, 0.05) is 11.8 Å². The van der Waals surface area contributed by atoms with Crippen LogP contribution in [0, 0.1) is 0 Å². The zero-order valence-electron chi connectivity index (χ0n) is 9.85. The summed E-state index contributed by atoms with van der Waals surface area (Å²) in [6.07, 6.45) is 1.43. The lowest BCUT2D eigenvalue weighted by atomic mass is 10.2. The first-order chi connectivity index (χ1) is 8.91. The van der Waals surface area contributed by atoms with E-state index in [1.165, 1.54) is 23.8 Å². The van der Waals surface area contributed by atoms with Gasteiger partial charge in [-0.3, -0.25) is 4.79 Å². The number of carbonyl (C=O) groups is 2. The molecule has 1 N–H and O–H groups in total. The molecule has 4 nitrogen and oxygen atoms in total. The summed E-state index contributed by atoms with van der Waals surface area (Å²) >= 11 is 12.0. The fraction of sp³-hybridized carbons (Fsp3) is 0.0769. The van der Waals surface area contributed by atoms with Crippen molar-refractivity contribution in [1.29, 1.82) is 0 Å². The van der Waals surface area contributed by atoms with E-state index in [0.717, 1.165) is 0 Å². The Kier molecular flexibility index (Phi) is 3.64. The highest BCUT2D eigenvalue weighted by Crippen LogP contribution is 2.30. The maximum atomic E-state index is 11.4. The highest BCUT2D eigenvalue weighted by atomic mass is 35.5. The van der Waals surface area contributed by atoms with Crippen molar-refractivity contribution < 1.29 is 14.7 Å². The van der Waals surface area contributed by atoms with Crippen LogP contribution in [0.25, 0.3) is 5.69 Å². The minimum absolute atomic E-state index is 0.0469. The Labute approximate surface area is 119 Å². The van der Waals surface area contributed by atoms with Gasteiger partial charge in [-0.15, -0.1) is 0 Å². The highest BCUT2D eigenvalue weighted by Gasteiger charge is 2.18. The Bertz CT molecular complexity index is 677. The highest BCUT2D eigenvalue weighted by molar-refractivity contribution is 6.43. The van der Waals surface area contributed by atoms with Gasteiger partial charge in [0.2, 0.25) is 0 Å². The van der Waals surface area contributed by atoms with E-state index in [4.69, 9.17) is 23.2 Å². The molecule has 0 aliphatic rings. The summed E-state index contributed by atoms with van der Waals surface area (Å²) in [5, 5.41) is 9.72. The van der Waals surface area contributed by atoms with Crippen LogP contribution in [-0.4, -0.2) is 21.4 Å². The zero-order chi connectivity index (χ0) is 14.2. The number of rotatable bonds is 3. The normalized spacial score (nSPS) is 10.5. The second-order valence-corrected chi connectivity index (χ2v) is 4.70. The number of aromatic nitrogens is 1. The predicted octanol–water partition coefficient (Wildman–Crippen LogP) is 3.68. The van der Waals surface area contributed by atoms with E-state index in [2.05, 4.69) is 0 Å². The van der Waals surface area contributed by atoms with Gasteiger partial charge < -0.3 is 9.67 Å². The summed E-state index contributed by atoms with van der Waals surface area (Å²) in [5.41, 5.74) is 0.668. The van der Waals surface area contributed by atoms with Gasteiger partial charge in [-0.2, -0.15) is 0 Å². The molecule has 0 saturated carbocycles. The van der Waals surface area contributed by atoms with Crippen molar-refractivity contribution in [3.63, 3.8) is 0 Å². The number of Topliss-reactive ketones (excluding diaryl/α,β-unsaturated/α-hetero) is 1. The number of benzene rings is 1. The van der Waals surface area contributed by atoms with Crippen molar-refractivity contribution in [2.24, 2.45) is 0 Å². The van der Waals surface area contributed by atoms with Crippen LogP contribution < -0.4 is 0 Å². The third-order valence-corrected chi connectivity index (χ3v) is 3.45. The number of nitrogens with zero attached hydrogens (tertiary/aromatic N) is 1. The number of carboxylic acid groups (broad SMARTS) is 1. The Morgan fingerprint density at radius 3 is 2.53 bits per heavy atom. The average Bonchev–Trinajstić information content (AvgIpc) is 2.77. The number of aromatic carboxylic acids is 1. The molecule has 2 rings (SSSR count). The summed E-state index contributed by atoms with van der Waals surface area (Å²) in [7, 11) is 0.